The number of rotatable bonds is 4. The summed E-state index contributed by atoms with van der Waals surface area (Å²) in [6, 6.07) is 4.08. The third-order valence-corrected chi connectivity index (χ3v) is 6.60. The quantitative estimate of drug-likeness (QED) is 0.763. The summed E-state index contributed by atoms with van der Waals surface area (Å²) in [4.78, 5) is 13.6. The molecular weight excluding hydrogens is 346 g/mol. The van der Waals surface area contributed by atoms with E-state index in [0.29, 0.717) is 11.7 Å². The molecule has 4 heterocycles. The third-order valence-electron chi connectivity index (χ3n) is 5.28. The van der Waals surface area contributed by atoms with Crippen LogP contribution in [0.25, 0.3) is 11.4 Å². The maximum Gasteiger partial charge on any atom is 0.206 e. The zero-order chi connectivity index (χ0) is 17.3. The standard InChI is InChI=1S/C18H21N7S/c1-4-15-16(5-1)26-18(20-15)13-3-2-8-25(10-13)11-14-7-6-12(9-19-14)17-21-23-24-22-17/h6-7,9,13H,1-5,8,10-11H2,(H,21,22,23,24). The zero-order valence-electron chi connectivity index (χ0n) is 14.6. The van der Waals surface area contributed by atoms with Gasteiger partial charge in [0, 0.05) is 35.6 Å². The van der Waals surface area contributed by atoms with E-state index in [9.17, 15) is 0 Å². The summed E-state index contributed by atoms with van der Waals surface area (Å²) in [6.07, 6.45) is 8.02. The van der Waals surface area contributed by atoms with Crippen LogP contribution in [-0.2, 0) is 19.4 Å². The molecule has 1 fully saturated rings. The molecular formula is C18H21N7S. The molecule has 1 aliphatic carbocycles. The van der Waals surface area contributed by atoms with Crippen molar-refractivity contribution < 1.29 is 0 Å². The van der Waals surface area contributed by atoms with E-state index in [1.165, 1.54) is 47.7 Å². The number of hydrogen-bond donors (Lipinski definition) is 1. The second kappa shape index (κ2) is 6.85. The molecule has 3 aromatic heterocycles. The molecule has 8 heteroatoms. The Bertz CT molecular complexity index is 850. The number of hydrogen-bond acceptors (Lipinski definition) is 7. The topological polar surface area (TPSA) is 83.5 Å². The summed E-state index contributed by atoms with van der Waals surface area (Å²) in [5.74, 6) is 1.16. The van der Waals surface area contributed by atoms with Crippen molar-refractivity contribution in [2.24, 2.45) is 0 Å². The second-order valence-corrected chi connectivity index (χ2v) is 8.24. The largest absolute Gasteiger partial charge is 0.297 e. The van der Waals surface area contributed by atoms with Crippen LogP contribution in [0.2, 0.25) is 0 Å². The summed E-state index contributed by atoms with van der Waals surface area (Å²) in [5.41, 5.74) is 3.34. The van der Waals surface area contributed by atoms with Crippen LogP contribution < -0.4 is 0 Å². The lowest BCUT2D eigenvalue weighted by Crippen LogP contribution is -2.34. The highest BCUT2D eigenvalue weighted by Gasteiger charge is 2.26. The Kier molecular flexibility index (Phi) is 4.22. The fraction of sp³-hybridized carbons (Fsp3) is 0.500. The minimum absolute atomic E-state index is 0.581. The van der Waals surface area contributed by atoms with Gasteiger partial charge in [0.05, 0.1) is 16.4 Å². The van der Waals surface area contributed by atoms with Crippen molar-refractivity contribution in [3.63, 3.8) is 0 Å². The Hall–Kier alpha value is -2.19. The van der Waals surface area contributed by atoms with E-state index in [4.69, 9.17) is 4.98 Å². The van der Waals surface area contributed by atoms with Crippen molar-refractivity contribution >= 4 is 11.3 Å². The average Bonchev–Trinajstić information content (AvgIpc) is 3.40. The molecule has 7 nitrogen and oxygen atoms in total. The first-order chi connectivity index (χ1) is 12.8. The number of pyridine rings is 1. The molecule has 0 spiro atoms. The fourth-order valence-corrected chi connectivity index (χ4v) is 5.23. The average molecular weight is 367 g/mol. The van der Waals surface area contributed by atoms with Crippen LogP contribution >= 0.6 is 11.3 Å². The lowest BCUT2D eigenvalue weighted by Gasteiger charge is -2.31. The van der Waals surface area contributed by atoms with Gasteiger partial charge in [-0.2, -0.15) is 5.21 Å². The first kappa shape index (κ1) is 16.0. The van der Waals surface area contributed by atoms with Gasteiger partial charge in [0.25, 0.3) is 0 Å². The molecule has 0 aromatic carbocycles. The molecule has 0 radical (unpaired) electrons. The van der Waals surface area contributed by atoms with Crippen molar-refractivity contribution in [1.29, 1.82) is 0 Å². The van der Waals surface area contributed by atoms with Gasteiger partial charge >= 0.3 is 0 Å². The van der Waals surface area contributed by atoms with Crippen LogP contribution in [0, 0.1) is 0 Å². The van der Waals surface area contributed by atoms with Gasteiger partial charge in [-0.1, -0.05) is 0 Å². The van der Waals surface area contributed by atoms with Crippen molar-refractivity contribution in [2.45, 2.75) is 44.6 Å². The number of tetrazole rings is 1. The van der Waals surface area contributed by atoms with Crippen LogP contribution in [0.5, 0.6) is 0 Å². The first-order valence-corrected chi connectivity index (χ1v) is 10.1. The van der Waals surface area contributed by atoms with Gasteiger partial charge in [0.1, 0.15) is 0 Å². The Labute approximate surface area is 155 Å². The molecule has 1 saturated heterocycles. The maximum atomic E-state index is 4.95. The van der Waals surface area contributed by atoms with Crippen LogP contribution in [0.4, 0.5) is 0 Å². The Morgan fingerprint density at radius 3 is 3.04 bits per heavy atom. The van der Waals surface area contributed by atoms with Crippen molar-refractivity contribution in [3.05, 3.63) is 39.6 Å². The number of H-pyrrole nitrogens is 1. The number of aromatic nitrogens is 6. The third kappa shape index (κ3) is 3.14. The SMILES string of the molecule is c1cc(CN2CCCC(c3nc4c(s3)CCC4)C2)ncc1-c1nn[nH]n1. The highest BCUT2D eigenvalue weighted by atomic mass is 32.1. The summed E-state index contributed by atoms with van der Waals surface area (Å²) >= 11 is 1.96. The molecule has 5 rings (SSSR count). The van der Waals surface area contributed by atoms with Gasteiger partial charge in [0.2, 0.25) is 5.82 Å². The molecule has 0 saturated carbocycles. The van der Waals surface area contributed by atoms with Gasteiger partial charge in [-0.3, -0.25) is 9.88 Å². The summed E-state index contributed by atoms with van der Waals surface area (Å²) in [7, 11) is 0. The summed E-state index contributed by atoms with van der Waals surface area (Å²) in [5, 5.41) is 15.4. The van der Waals surface area contributed by atoms with Crippen LogP contribution in [0.3, 0.4) is 0 Å². The van der Waals surface area contributed by atoms with E-state index in [-0.39, 0.29) is 0 Å². The van der Waals surface area contributed by atoms with Gasteiger partial charge < -0.3 is 0 Å². The lowest BCUT2D eigenvalue weighted by atomic mass is 9.98. The summed E-state index contributed by atoms with van der Waals surface area (Å²) < 4.78 is 0. The number of likely N-dealkylation sites (tertiary alicyclic amines) is 1. The van der Waals surface area contributed by atoms with Crippen LogP contribution in [0.15, 0.2) is 18.3 Å². The van der Waals surface area contributed by atoms with E-state index in [0.717, 1.165) is 30.9 Å². The predicted molar refractivity (Wildman–Crippen MR) is 98.8 cm³/mol. The van der Waals surface area contributed by atoms with Crippen LogP contribution in [-0.4, -0.2) is 48.6 Å². The van der Waals surface area contributed by atoms with E-state index in [1.807, 2.05) is 23.6 Å². The Morgan fingerprint density at radius 2 is 2.23 bits per heavy atom. The van der Waals surface area contributed by atoms with Crippen molar-refractivity contribution in [2.75, 3.05) is 13.1 Å². The fourth-order valence-electron chi connectivity index (χ4n) is 3.95. The number of nitrogens with zero attached hydrogens (tertiary/aromatic N) is 6. The van der Waals surface area contributed by atoms with Crippen LogP contribution in [0.1, 0.15) is 46.5 Å². The van der Waals surface area contributed by atoms with Gasteiger partial charge in [-0.05, 0) is 56.0 Å². The first-order valence-electron chi connectivity index (χ1n) is 9.25. The molecule has 1 atom stereocenters. The molecule has 1 N–H and O–H groups in total. The number of aromatic amines is 1. The predicted octanol–water partition coefficient (Wildman–Crippen LogP) is 2.59. The summed E-state index contributed by atoms with van der Waals surface area (Å²) in [6.45, 7) is 3.10. The molecule has 134 valence electrons. The van der Waals surface area contributed by atoms with E-state index in [1.54, 1.807) is 0 Å². The second-order valence-electron chi connectivity index (χ2n) is 7.12. The van der Waals surface area contributed by atoms with E-state index in [2.05, 4.69) is 36.6 Å². The molecule has 1 unspecified atom stereocenters. The van der Waals surface area contributed by atoms with Gasteiger partial charge in [0.15, 0.2) is 0 Å². The number of thiazole rings is 1. The highest BCUT2D eigenvalue weighted by Crippen LogP contribution is 2.35. The van der Waals surface area contributed by atoms with E-state index >= 15 is 0 Å². The van der Waals surface area contributed by atoms with Gasteiger partial charge in [-0.15, -0.1) is 21.5 Å². The molecule has 0 bridgehead atoms. The normalized spacial score (nSPS) is 20.4. The minimum Gasteiger partial charge on any atom is -0.297 e. The maximum absolute atomic E-state index is 4.95. The minimum atomic E-state index is 0.581. The molecule has 2 aliphatic rings. The van der Waals surface area contributed by atoms with E-state index < -0.39 is 0 Å². The Balaban J connectivity index is 1.25. The monoisotopic (exact) mass is 367 g/mol. The molecule has 26 heavy (non-hydrogen) atoms. The van der Waals surface area contributed by atoms with Gasteiger partial charge in [-0.25, -0.2) is 4.98 Å². The molecule has 0 amide bonds. The smallest absolute Gasteiger partial charge is 0.206 e. The number of nitrogens with one attached hydrogen (secondary N) is 1. The van der Waals surface area contributed by atoms with Crippen molar-refractivity contribution in [3.8, 4) is 11.4 Å². The lowest BCUT2D eigenvalue weighted by molar-refractivity contribution is 0.198. The number of aryl methyl sites for hydroxylation is 2. The highest BCUT2D eigenvalue weighted by molar-refractivity contribution is 7.11. The molecule has 1 aliphatic heterocycles. The zero-order valence-corrected chi connectivity index (χ0v) is 15.4. The molecule has 3 aromatic rings. The number of fused-ring (bicyclic) bond motifs is 1. The Morgan fingerprint density at radius 1 is 1.23 bits per heavy atom. The number of piperidine rings is 1. The van der Waals surface area contributed by atoms with Crippen molar-refractivity contribution in [1.82, 2.24) is 35.5 Å².